The quantitative estimate of drug-likeness (QED) is 0.473. The van der Waals surface area contributed by atoms with E-state index in [4.69, 9.17) is 12.2 Å². The van der Waals surface area contributed by atoms with Crippen molar-refractivity contribution in [2.75, 3.05) is 33.1 Å². The predicted octanol–water partition coefficient (Wildman–Crippen LogP) is 2.50. The molecule has 0 aromatic carbocycles. The molecular weight excluding hydrogens is 283 g/mol. The zero-order valence-electron chi connectivity index (χ0n) is 10.3. The molecule has 0 saturated heterocycles. The lowest BCUT2D eigenvalue weighted by molar-refractivity contribution is 0.440. The largest absolute Gasteiger partial charge is 0.363 e. The molecule has 0 aliphatic heterocycles. The lowest BCUT2D eigenvalue weighted by atomic mass is 10.4. The van der Waals surface area contributed by atoms with Crippen LogP contribution >= 0.6 is 24.0 Å². The van der Waals surface area contributed by atoms with Crippen LogP contribution < -0.4 is 4.90 Å². The summed E-state index contributed by atoms with van der Waals surface area (Å²) < 4.78 is 41.0. The van der Waals surface area contributed by atoms with E-state index in [1.165, 1.54) is 23.9 Å². The third kappa shape index (κ3) is 3.05. The Morgan fingerprint density at radius 2 is 1.67 bits per heavy atom. The van der Waals surface area contributed by atoms with Crippen LogP contribution in [0.5, 0.6) is 0 Å². The van der Waals surface area contributed by atoms with Gasteiger partial charge in [0.1, 0.15) is 4.32 Å². The number of hydrogen-bond donors (Lipinski definition) is 0. The van der Waals surface area contributed by atoms with E-state index in [0.29, 0.717) is 11.8 Å². The summed E-state index contributed by atoms with van der Waals surface area (Å²) in [5.74, 6) is -3.86. The van der Waals surface area contributed by atoms with Crippen LogP contribution in [0.1, 0.15) is 0 Å². The number of nitrogens with zero attached hydrogens (tertiary/aromatic N) is 3. The molecular formula is C10H12F3N3S2. The van der Waals surface area contributed by atoms with Crippen molar-refractivity contribution in [3.8, 4) is 0 Å². The van der Waals surface area contributed by atoms with Gasteiger partial charge < -0.3 is 9.80 Å². The van der Waals surface area contributed by atoms with Crippen molar-refractivity contribution in [3.63, 3.8) is 0 Å². The number of hydrogen-bond acceptors (Lipinski definition) is 4. The third-order valence-corrected chi connectivity index (χ3v) is 3.68. The summed E-state index contributed by atoms with van der Waals surface area (Å²) in [7, 11) is 6.24. The Morgan fingerprint density at radius 1 is 1.11 bits per heavy atom. The van der Waals surface area contributed by atoms with Crippen LogP contribution in [-0.2, 0) is 0 Å². The number of halogens is 3. The SMILES string of the molecule is CN(C)C(=S)Sc1c(F)c(F)nc(N(C)C)c1F. The molecule has 18 heavy (non-hydrogen) atoms. The molecule has 0 unspecified atom stereocenters. The third-order valence-electron chi connectivity index (χ3n) is 1.96. The molecule has 0 saturated carbocycles. The second-order valence-electron chi connectivity index (χ2n) is 3.84. The Balaban J connectivity index is 3.29. The van der Waals surface area contributed by atoms with Crippen molar-refractivity contribution >= 4 is 34.1 Å². The fraction of sp³-hybridized carbons (Fsp3) is 0.400. The van der Waals surface area contributed by atoms with E-state index in [-0.39, 0.29) is 10.1 Å². The van der Waals surface area contributed by atoms with Gasteiger partial charge in [0.05, 0.1) is 4.90 Å². The monoisotopic (exact) mass is 295 g/mol. The number of aromatic nitrogens is 1. The fourth-order valence-corrected chi connectivity index (χ4v) is 2.01. The van der Waals surface area contributed by atoms with E-state index >= 15 is 0 Å². The van der Waals surface area contributed by atoms with Gasteiger partial charge in [-0.25, -0.2) is 8.78 Å². The number of thioether (sulfide) groups is 1. The molecule has 0 bridgehead atoms. The van der Waals surface area contributed by atoms with Crippen molar-refractivity contribution in [1.29, 1.82) is 0 Å². The smallest absolute Gasteiger partial charge is 0.252 e. The summed E-state index contributed by atoms with van der Waals surface area (Å²) >= 11 is 5.58. The highest BCUT2D eigenvalue weighted by Gasteiger charge is 2.23. The Hall–Kier alpha value is -1.02. The highest BCUT2D eigenvalue weighted by molar-refractivity contribution is 8.22. The minimum absolute atomic E-state index is 0.225. The Morgan fingerprint density at radius 3 is 2.11 bits per heavy atom. The van der Waals surface area contributed by atoms with Crippen LogP contribution in [-0.4, -0.2) is 42.4 Å². The van der Waals surface area contributed by atoms with Crippen LogP contribution in [0.3, 0.4) is 0 Å². The van der Waals surface area contributed by atoms with Crippen LogP contribution in [0.25, 0.3) is 0 Å². The lowest BCUT2D eigenvalue weighted by Crippen LogP contribution is -2.18. The van der Waals surface area contributed by atoms with Crippen molar-refractivity contribution in [2.24, 2.45) is 0 Å². The summed E-state index contributed by atoms with van der Waals surface area (Å²) in [6.07, 6.45) is 0. The van der Waals surface area contributed by atoms with Gasteiger partial charge in [-0.1, -0.05) is 24.0 Å². The first-order valence-corrected chi connectivity index (χ1v) is 6.09. The van der Waals surface area contributed by atoms with Gasteiger partial charge in [0.2, 0.25) is 0 Å². The lowest BCUT2D eigenvalue weighted by Gasteiger charge is -2.17. The summed E-state index contributed by atoms with van der Waals surface area (Å²) in [6, 6.07) is 0. The van der Waals surface area contributed by atoms with Gasteiger partial charge in [-0.05, 0) is 0 Å². The average molecular weight is 295 g/mol. The van der Waals surface area contributed by atoms with Crippen molar-refractivity contribution in [3.05, 3.63) is 17.6 Å². The normalized spacial score (nSPS) is 10.4. The maximum atomic E-state index is 14.0. The van der Waals surface area contributed by atoms with E-state index in [9.17, 15) is 13.2 Å². The molecule has 0 amide bonds. The van der Waals surface area contributed by atoms with E-state index in [0.717, 1.165) is 0 Å². The average Bonchev–Trinajstić information content (AvgIpc) is 2.28. The predicted molar refractivity (Wildman–Crippen MR) is 70.6 cm³/mol. The minimum Gasteiger partial charge on any atom is -0.363 e. The van der Waals surface area contributed by atoms with E-state index in [1.54, 1.807) is 14.1 Å². The van der Waals surface area contributed by atoms with Gasteiger partial charge in [-0.15, -0.1) is 0 Å². The molecule has 8 heteroatoms. The second kappa shape index (κ2) is 5.75. The topological polar surface area (TPSA) is 19.4 Å². The number of thiocarbonyl (C=S) groups is 1. The van der Waals surface area contributed by atoms with Gasteiger partial charge >= 0.3 is 0 Å². The van der Waals surface area contributed by atoms with Crippen molar-refractivity contribution in [2.45, 2.75) is 4.90 Å². The molecule has 1 rings (SSSR count). The molecule has 3 nitrogen and oxygen atoms in total. The molecule has 0 atom stereocenters. The summed E-state index contributed by atoms with van der Waals surface area (Å²) in [4.78, 5) is 5.51. The summed E-state index contributed by atoms with van der Waals surface area (Å²) in [5, 5.41) is 0. The van der Waals surface area contributed by atoms with Crippen LogP contribution in [0.15, 0.2) is 4.90 Å². The van der Waals surface area contributed by atoms with Gasteiger partial charge in [0.15, 0.2) is 17.5 Å². The van der Waals surface area contributed by atoms with Crippen LogP contribution in [0.4, 0.5) is 19.0 Å². The van der Waals surface area contributed by atoms with Crippen molar-refractivity contribution < 1.29 is 13.2 Å². The molecule has 100 valence electrons. The molecule has 0 fully saturated rings. The molecule has 1 aromatic heterocycles. The van der Waals surface area contributed by atoms with Crippen LogP contribution in [0, 0.1) is 17.6 Å². The molecule has 1 heterocycles. The summed E-state index contributed by atoms with van der Waals surface area (Å²) in [5.41, 5.74) is 0. The number of pyridine rings is 1. The van der Waals surface area contributed by atoms with Gasteiger partial charge in [0, 0.05) is 28.2 Å². The first-order chi connectivity index (χ1) is 8.25. The molecule has 0 spiro atoms. The van der Waals surface area contributed by atoms with Crippen LogP contribution in [0.2, 0.25) is 0 Å². The molecule has 0 aliphatic rings. The Bertz CT molecular complexity index is 478. The van der Waals surface area contributed by atoms with Gasteiger partial charge in [-0.2, -0.15) is 9.37 Å². The first-order valence-electron chi connectivity index (χ1n) is 4.86. The number of anilines is 1. The molecule has 1 aromatic rings. The van der Waals surface area contributed by atoms with Gasteiger partial charge in [-0.3, -0.25) is 0 Å². The fourth-order valence-electron chi connectivity index (χ4n) is 1.05. The van der Waals surface area contributed by atoms with E-state index in [2.05, 4.69) is 4.98 Å². The second-order valence-corrected chi connectivity index (χ2v) is 5.48. The summed E-state index contributed by atoms with van der Waals surface area (Å²) in [6.45, 7) is 0. The molecule has 0 aliphatic carbocycles. The first kappa shape index (κ1) is 15.0. The van der Waals surface area contributed by atoms with E-state index in [1.807, 2.05) is 0 Å². The van der Waals surface area contributed by atoms with Gasteiger partial charge in [0.25, 0.3) is 5.95 Å². The highest BCUT2D eigenvalue weighted by atomic mass is 32.2. The molecule has 0 N–H and O–H groups in total. The zero-order valence-corrected chi connectivity index (χ0v) is 11.9. The maximum absolute atomic E-state index is 14.0. The molecule has 0 radical (unpaired) electrons. The van der Waals surface area contributed by atoms with Crippen molar-refractivity contribution in [1.82, 2.24) is 9.88 Å². The highest BCUT2D eigenvalue weighted by Crippen LogP contribution is 2.32. The Labute approximate surface area is 113 Å². The Kier molecular flexibility index (Phi) is 4.80. The number of rotatable bonds is 2. The standard InChI is InChI=1S/C10H12F3N3S2/c1-15(2)9-6(12)7(5(11)8(13)14-9)18-10(17)16(3)4/h1-4H3. The minimum atomic E-state index is -1.34. The zero-order chi connectivity index (χ0) is 14.0. The maximum Gasteiger partial charge on any atom is 0.252 e. The van der Waals surface area contributed by atoms with E-state index < -0.39 is 22.5 Å².